The number of likely N-dealkylation sites (N-methyl/N-ethyl adjacent to an activating group) is 1. The van der Waals surface area contributed by atoms with Crippen LogP contribution in [0.3, 0.4) is 0 Å². The van der Waals surface area contributed by atoms with Crippen LogP contribution in [0.4, 0.5) is 0 Å². The van der Waals surface area contributed by atoms with E-state index in [9.17, 15) is 9.59 Å². The Balaban J connectivity index is 1.49. The fourth-order valence-corrected chi connectivity index (χ4v) is 3.81. The molecule has 1 atom stereocenters. The molecule has 2 aromatic carbocycles. The maximum Gasteiger partial charge on any atom is 0.258 e. The highest BCUT2D eigenvalue weighted by Gasteiger charge is 2.16. The number of carbonyl (C=O) groups is 2. The molecule has 1 amide bonds. The first-order chi connectivity index (χ1) is 14.0. The third-order valence-corrected chi connectivity index (χ3v) is 5.48. The molecule has 0 bridgehead atoms. The summed E-state index contributed by atoms with van der Waals surface area (Å²) in [6, 6.07) is 20.2. The average Bonchev–Trinajstić information content (AvgIpc) is 3.27. The van der Waals surface area contributed by atoms with Crippen LogP contribution in [0.15, 0.2) is 72.1 Å². The molecule has 6 heteroatoms. The van der Waals surface area contributed by atoms with Crippen LogP contribution in [0.25, 0.3) is 0 Å². The van der Waals surface area contributed by atoms with Crippen LogP contribution in [0.2, 0.25) is 0 Å². The van der Waals surface area contributed by atoms with Crippen molar-refractivity contribution in [3.63, 3.8) is 0 Å². The largest absolute Gasteiger partial charge is 0.484 e. The van der Waals surface area contributed by atoms with Gasteiger partial charge in [-0.1, -0.05) is 36.4 Å². The first-order valence-corrected chi connectivity index (χ1v) is 10.2. The van der Waals surface area contributed by atoms with E-state index >= 15 is 0 Å². The van der Waals surface area contributed by atoms with Crippen LogP contribution < -0.4 is 10.1 Å². The first-order valence-electron chi connectivity index (χ1n) is 9.33. The van der Waals surface area contributed by atoms with E-state index in [4.69, 9.17) is 4.74 Å². The van der Waals surface area contributed by atoms with E-state index in [0.29, 0.717) is 23.4 Å². The number of nitrogens with zero attached hydrogens (tertiary/aromatic N) is 1. The van der Waals surface area contributed by atoms with Gasteiger partial charge in [0.1, 0.15) is 5.75 Å². The third kappa shape index (κ3) is 5.76. The minimum atomic E-state index is -0.183. The molecule has 1 aromatic heterocycles. The van der Waals surface area contributed by atoms with E-state index in [1.165, 1.54) is 4.88 Å². The highest BCUT2D eigenvalue weighted by molar-refractivity contribution is 7.10. The van der Waals surface area contributed by atoms with E-state index in [-0.39, 0.29) is 24.3 Å². The number of ether oxygens (including phenoxy) is 1. The quantitative estimate of drug-likeness (QED) is 0.548. The second-order valence-electron chi connectivity index (χ2n) is 6.81. The number of ketones is 1. The molecule has 0 aliphatic carbocycles. The normalized spacial score (nSPS) is 11.8. The summed E-state index contributed by atoms with van der Waals surface area (Å²) in [5, 5.41) is 4.95. The van der Waals surface area contributed by atoms with E-state index in [0.717, 1.165) is 0 Å². The number of hydrogen-bond donors (Lipinski definition) is 1. The number of benzene rings is 2. The Morgan fingerprint density at radius 2 is 1.66 bits per heavy atom. The van der Waals surface area contributed by atoms with Crippen molar-refractivity contribution in [2.75, 3.05) is 27.2 Å². The number of rotatable bonds is 9. The van der Waals surface area contributed by atoms with Gasteiger partial charge < -0.3 is 15.0 Å². The molecule has 1 N–H and O–H groups in total. The zero-order chi connectivity index (χ0) is 20.6. The van der Waals surface area contributed by atoms with Crippen LogP contribution in [0, 0.1) is 0 Å². The predicted octanol–water partition coefficient (Wildman–Crippen LogP) is 3.78. The molecule has 0 radical (unpaired) electrons. The topological polar surface area (TPSA) is 58.6 Å². The van der Waals surface area contributed by atoms with E-state index in [1.807, 2.05) is 43.7 Å². The van der Waals surface area contributed by atoms with Gasteiger partial charge in [0.15, 0.2) is 12.4 Å². The van der Waals surface area contributed by atoms with E-state index < -0.39 is 0 Å². The van der Waals surface area contributed by atoms with Crippen LogP contribution in [-0.2, 0) is 4.79 Å². The van der Waals surface area contributed by atoms with Gasteiger partial charge in [-0.3, -0.25) is 9.59 Å². The molecule has 150 valence electrons. The molecular formula is C23H24N2O3S. The van der Waals surface area contributed by atoms with Gasteiger partial charge in [0.2, 0.25) is 0 Å². The van der Waals surface area contributed by atoms with Crippen molar-refractivity contribution in [3.8, 4) is 5.75 Å². The lowest BCUT2D eigenvalue weighted by atomic mass is 10.0. The summed E-state index contributed by atoms with van der Waals surface area (Å²) in [5.74, 6) is 0.322. The summed E-state index contributed by atoms with van der Waals surface area (Å²) in [5.41, 5.74) is 1.22. The molecule has 0 saturated carbocycles. The smallest absolute Gasteiger partial charge is 0.258 e. The van der Waals surface area contributed by atoms with Crippen molar-refractivity contribution in [2.45, 2.75) is 6.04 Å². The summed E-state index contributed by atoms with van der Waals surface area (Å²) in [4.78, 5) is 27.9. The Morgan fingerprint density at radius 1 is 0.966 bits per heavy atom. The van der Waals surface area contributed by atoms with Crippen molar-refractivity contribution in [3.05, 3.63) is 88.1 Å². The van der Waals surface area contributed by atoms with Gasteiger partial charge in [-0.15, -0.1) is 11.3 Å². The molecule has 0 aliphatic rings. The van der Waals surface area contributed by atoms with Gasteiger partial charge >= 0.3 is 0 Å². The molecule has 0 fully saturated rings. The minimum absolute atomic E-state index is 0.0433. The Hall–Kier alpha value is -2.96. The van der Waals surface area contributed by atoms with Gasteiger partial charge in [-0.2, -0.15) is 0 Å². The van der Waals surface area contributed by atoms with E-state index in [1.54, 1.807) is 47.7 Å². The van der Waals surface area contributed by atoms with Crippen molar-refractivity contribution >= 4 is 23.0 Å². The van der Waals surface area contributed by atoms with Crippen molar-refractivity contribution in [2.24, 2.45) is 0 Å². The third-order valence-electron chi connectivity index (χ3n) is 4.51. The molecule has 0 unspecified atom stereocenters. The van der Waals surface area contributed by atoms with Crippen LogP contribution in [-0.4, -0.2) is 43.8 Å². The summed E-state index contributed by atoms with van der Waals surface area (Å²) in [6.45, 7) is 0.441. The predicted molar refractivity (Wildman–Crippen MR) is 116 cm³/mol. The second kappa shape index (κ2) is 10.0. The number of hydrogen-bond acceptors (Lipinski definition) is 5. The van der Waals surface area contributed by atoms with Crippen molar-refractivity contribution < 1.29 is 14.3 Å². The van der Waals surface area contributed by atoms with Crippen LogP contribution in [0.5, 0.6) is 5.75 Å². The Morgan fingerprint density at radius 3 is 2.28 bits per heavy atom. The van der Waals surface area contributed by atoms with Crippen LogP contribution >= 0.6 is 11.3 Å². The van der Waals surface area contributed by atoms with Gasteiger partial charge in [0, 0.05) is 22.5 Å². The van der Waals surface area contributed by atoms with Gasteiger partial charge in [0.25, 0.3) is 5.91 Å². The molecule has 29 heavy (non-hydrogen) atoms. The van der Waals surface area contributed by atoms with Crippen LogP contribution in [0.1, 0.15) is 26.8 Å². The molecular weight excluding hydrogens is 384 g/mol. The second-order valence-corrected chi connectivity index (χ2v) is 7.79. The zero-order valence-electron chi connectivity index (χ0n) is 16.5. The summed E-state index contributed by atoms with van der Waals surface area (Å²) < 4.78 is 5.56. The fraction of sp³-hybridized carbons (Fsp3) is 0.217. The minimum Gasteiger partial charge on any atom is -0.484 e. The molecule has 0 spiro atoms. The molecule has 1 heterocycles. The lowest BCUT2D eigenvalue weighted by molar-refractivity contribution is -0.123. The lowest BCUT2D eigenvalue weighted by Gasteiger charge is -2.23. The Labute approximate surface area is 174 Å². The average molecular weight is 409 g/mol. The molecule has 3 rings (SSSR count). The highest BCUT2D eigenvalue weighted by Crippen LogP contribution is 2.22. The molecule has 0 aliphatic heterocycles. The standard InChI is InChI=1S/C23H24N2O3S/c1-25(2)20(21-9-6-14-29-21)15-24-22(26)16-28-19-12-10-18(11-13-19)23(27)17-7-4-3-5-8-17/h3-14,20H,15-16H2,1-2H3,(H,24,26)/t20-/m0/s1. The Kier molecular flexibility index (Phi) is 7.16. The zero-order valence-corrected chi connectivity index (χ0v) is 17.3. The fourth-order valence-electron chi connectivity index (χ4n) is 2.89. The van der Waals surface area contributed by atoms with E-state index in [2.05, 4.69) is 16.3 Å². The number of carbonyl (C=O) groups excluding carboxylic acids is 2. The maximum atomic E-state index is 12.4. The monoisotopic (exact) mass is 408 g/mol. The van der Waals surface area contributed by atoms with Gasteiger partial charge in [-0.25, -0.2) is 0 Å². The molecule has 3 aromatic rings. The van der Waals surface area contributed by atoms with Gasteiger partial charge in [0.05, 0.1) is 6.04 Å². The van der Waals surface area contributed by atoms with Gasteiger partial charge in [-0.05, 0) is 49.8 Å². The first kappa shape index (κ1) is 20.8. The summed E-state index contributed by atoms with van der Waals surface area (Å²) in [7, 11) is 3.98. The lowest BCUT2D eigenvalue weighted by Crippen LogP contribution is -2.36. The summed E-state index contributed by atoms with van der Waals surface area (Å²) >= 11 is 1.67. The highest BCUT2D eigenvalue weighted by atomic mass is 32.1. The molecule has 5 nitrogen and oxygen atoms in total. The van der Waals surface area contributed by atoms with Crippen molar-refractivity contribution in [1.29, 1.82) is 0 Å². The molecule has 0 saturated heterocycles. The SMILES string of the molecule is CN(C)[C@@H](CNC(=O)COc1ccc(C(=O)c2ccccc2)cc1)c1cccs1. The Bertz CT molecular complexity index is 923. The number of nitrogens with one attached hydrogen (secondary N) is 1. The number of thiophene rings is 1. The summed E-state index contributed by atoms with van der Waals surface area (Å²) in [6.07, 6.45) is 0. The van der Waals surface area contributed by atoms with Crippen molar-refractivity contribution in [1.82, 2.24) is 10.2 Å². The number of amides is 1. The maximum absolute atomic E-state index is 12.4.